The van der Waals surface area contributed by atoms with Crippen molar-refractivity contribution in [1.82, 2.24) is 20.4 Å². The van der Waals surface area contributed by atoms with Crippen LogP contribution in [0.2, 0.25) is 0 Å². The molecule has 2 rings (SSSR count). The predicted molar refractivity (Wildman–Crippen MR) is 237 cm³/mol. The van der Waals surface area contributed by atoms with Crippen LogP contribution in [0.15, 0.2) is 24.3 Å². The number of carboxylic acids is 2. The summed E-state index contributed by atoms with van der Waals surface area (Å²) in [6.45, 7) is 11.9. The second kappa shape index (κ2) is 30.9. The van der Waals surface area contributed by atoms with Crippen molar-refractivity contribution in [2.75, 3.05) is 13.1 Å². The van der Waals surface area contributed by atoms with Crippen LogP contribution in [0.5, 0.6) is 0 Å². The lowest BCUT2D eigenvalue weighted by Crippen LogP contribution is -2.40. The number of unbranched alkanes of at least 4 members (excludes halogenated alkanes) is 2. The average molecular weight is 987 g/mol. The number of nitrogens with one attached hydrogen (secondary N) is 2. The maximum Gasteiger partial charge on any atom is 0.490 e. The Labute approximate surface area is 398 Å². The number of halogens is 3. The first-order valence-electron chi connectivity index (χ1n) is 22.4. The second-order valence-corrected chi connectivity index (χ2v) is 17.4. The van der Waals surface area contributed by atoms with Crippen molar-refractivity contribution in [1.29, 1.82) is 0 Å². The number of carbonyl (C=O) groups is 13. The number of amides is 6. The number of ketones is 4. The highest BCUT2D eigenvalue weighted by molar-refractivity contribution is 6.13. The number of hydrogen-bond acceptors (Lipinski definition) is 14. The van der Waals surface area contributed by atoms with Gasteiger partial charge < -0.3 is 25.6 Å². The topological polar surface area (TPSA) is 302 Å². The van der Waals surface area contributed by atoms with Gasteiger partial charge in [0.25, 0.3) is 23.6 Å². The molecule has 4 atom stereocenters. The first-order chi connectivity index (χ1) is 31.9. The van der Waals surface area contributed by atoms with Gasteiger partial charge in [0, 0.05) is 88.8 Å². The van der Waals surface area contributed by atoms with Crippen LogP contribution in [-0.4, -0.2) is 133 Å². The molecule has 0 spiro atoms. The summed E-state index contributed by atoms with van der Waals surface area (Å²) in [5.74, 6) is -8.27. The fourth-order valence-corrected chi connectivity index (χ4v) is 5.96. The minimum atomic E-state index is -5.08. The molecule has 6 amide bonds. The molecule has 0 fully saturated rings. The minimum Gasteiger partial charge on any atom is -0.481 e. The summed E-state index contributed by atoms with van der Waals surface area (Å²) in [7, 11) is 0. The third-order valence-corrected chi connectivity index (χ3v) is 9.90. The number of imide groups is 2. The summed E-state index contributed by atoms with van der Waals surface area (Å²) in [5.41, 5.74) is -0.626. The number of rotatable bonds is 28. The smallest absolute Gasteiger partial charge is 0.481 e. The Balaban J connectivity index is 0.00000118. The molecule has 0 aromatic heterocycles. The normalized spacial score (nSPS) is 14.9. The number of alkyl halides is 3. The van der Waals surface area contributed by atoms with Crippen molar-refractivity contribution in [2.24, 2.45) is 11.8 Å². The van der Waals surface area contributed by atoms with Crippen LogP contribution >= 0.6 is 0 Å². The molecule has 69 heavy (non-hydrogen) atoms. The molecule has 386 valence electrons. The van der Waals surface area contributed by atoms with E-state index < -0.39 is 53.6 Å². The standard InChI is InChI=1S/C24H36N2O7.C20H28N2O7.C2HF3O2/c1-16(23(32)33-24(3,4)5)15-19(28)17(2)25-20(29)11-7-6-9-18(27)10-8-14-26-21(30)12-13-22(26)31;1-13(20(28)29)12-16(24)14(2)21-17(25)8-4-3-6-15(23)7-5-11-22-18(26)9-10-19(22)27;3-2(4,5)1(6)7/h12-13,16-17H,6-11,14-15H2,1-5H3,(H,25,29);9-10,13-14H,3-8,11-12H2,1-2H3,(H,21,25)(H,28,29);(H,6,7)/t16-,17+;13-,14+;/m11./s1. The van der Waals surface area contributed by atoms with Crippen LogP contribution < -0.4 is 10.6 Å². The summed E-state index contributed by atoms with van der Waals surface area (Å²) in [5, 5.41) is 21.1. The number of carbonyl (C=O) groups excluding carboxylic acids is 11. The SMILES string of the molecule is C[C@H](CC(=O)[C@H](C)NC(=O)CCCCC(=O)CCCN1C(=O)C=CC1=O)C(=O)O.C[C@H](CC(=O)[C@H](C)NC(=O)CCCCC(=O)CCCN1C(=O)C=CC1=O)C(=O)OC(C)(C)C.O=C(O)C(F)(F)F. The molecule has 0 aromatic rings. The molecule has 20 nitrogen and oxygen atoms in total. The van der Waals surface area contributed by atoms with Crippen molar-refractivity contribution < 1.29 is 90.5 Å². The highest BCUT2D eigenvalue weighted by atomic mass is 19.4. The molecule has 2 aliphatic rings. The maximum atomic E-state index is 12.3. The van der Waals surface area contributed by atoms with Crippen molar-refractivity contribution in [3.8, 4) is 0 Å². The first kappa shape index (κ1) is 62.6. The molecule has 0 saturated heterocycles. The van der Waals surface area contributed by atoms with Gasteiger partial charge in [-0.05, 0) is 73.1 Å². The number of aliphatic carboxylic acids is 2. The molecule has 0 saturated carbocycles. The molecule has 0 radical (unpaired) electrons. The lowest BCUT2D eigenvalue weighted by atomic mass is 10.0. The lowest BCUT2D eigenvalue weighted by Gasteiger charge is -2.22. The first-order valence-corrected chi connectivity index (χ1v) is 22.4. The van der Waals surface area contributed by atoms with Gasteiger partial charge in [-0.25, -0.2) is 4.79 Å². The van der Waals surface area contributed by atoms with Crippen LogP contribution in [0, 0.1) is 11.8 Å². The van der Waals surface area contributed by atoms with Crippen LogP contribution in [0.3, 0.4) is 0 Å². The number of nitrogens with zero attached hydrogens (tertiary/aromatic N) is 2. The van der Waals surface area contributed by atoms with Gasteiger partial charge in [-0.2, -0.15) is 13.2 Å². The molecule has 2 aliphatic heterocycles. The van der Waals surface area contributed by atoms with Crippen molar-refractivity contribution >= 4 is 76.5 Å². The summed E-state index contributed by atoms with van der Waals surface area (Å²) >= 11 is 0. The molecule has 0 aliphatic carbocycles. The Morgan fingerprint density at radius 1 is 0.551 bits per heavy atom. The average Bonchev–Trinajstić information content (AvgIpc) is 3.73. The van der Waals surface area contributed by atoms with Gasteiger partial charge in [0.2, 0.25) is 11.8 Å². The number of esters is 1. The van der Waals surface area contributed by atoms with Crippen molar-refractivity contribution in [3.63, 3.8) is 0 Å². The third-order valence-electron chi connectivity index (χ3n) is 9.90. The van der Waals surface area contributed by atoms with E-state index >= 15 is 0 Å². The highest BCUT2D eigenvalue weighted by Gasteiger charge is 2.38. The molecule has 23 heteroatoms. The number of carboxylic acid groups (broad SMARTS) is 2. The van der Waals surface area contributed by atoms with Crippen LogP contribution in [0.25, 0.3) is 0 Å². The Bertz CT molecular complexity index is 1920. The number of Topliss-reactive ketones (excluding diaryl/α,β-unsaturated/α-hetero) is 4. The minimum absolute atomic E-state index is 0.00339. The molecule has 0 unspecified atom stereocenters. The molecule has 2 heterocycles. The Morgan fingerprint density at radius 3 is 1.16 bits per heavy atom. The molecule has 0 aromatic carbocycles. The van der Waals surface area contributed by atoms with Gasteiger partial charge in [0.05, 0.1) is 23.9 Å². The fraction of sp³-hybridized carbons (Fsp3) is 0.630. The highest BCUT2D eigenvalue weighted by Crippen LogP contribution is 2.16. The summed E-state index contributed by atoms with van der Waals surface area (Å²) in [4.78, 5) is 151. The van der Waals surface area contributed by atoms with Crippen molar-refractivity contribution in [2.45, 2.75) is 162 Å². The van der Waals surface area contributed by atoms with E-state index in [2.05, 4.69) is 10.6 Å². The lowest BCUT2D eigenvalue weighted by molar-refractivity contribution is -0.192. The molecule has 4 N–H and O–H groups in total. The molecule has 0 bridgehead atoms. The fourth-order valence-electron chi connectivity index (χ4n) is 5.96. The monoisotopic (exact) mass is 986 g/mol. The quantitative estimate of drug-likeness (QED) is 0.0491. The maximum absolute atomic E-state index is 12.3. The predicted octanol–water partition coefficient (Wildman–Crippen LogP) is 3.90. The van der Waals surface area contributed by atoms with E-state index in [-0.39, 0.29) is 110 Å². The molecular formula is C46H65F3N4O16. The van der Waals surface area contributed by atoms with Crippen molar-refractivity contribution in [3.05, 3.63) is 24.3 Å². The Hall–Kier alpha value is -6.42. The third kappa shape index (κ3) is 27.9. The van der Waals surface area contributed by atoms with Gasteiger partial charge >= 0.3 is 24.1 Å². The van der Waals surface area contributed by atoms with Gasteiger partial charge in [-0.1, -0.05) is 13.8 Å². The van der Waals surface area contributed by atoms with Gasteiger partial charge in [0.1, 0.15) is 17.2 Å². The summed E-state index contributed by atoms with van der Waals surface area (Å²) < 4.78 is 37.0. The zero-order valence-electron chi connectivity index (χ0n) is 40.1. The summed E-state index contributed by atoms with van der Waals surface area (Å²) in [6.07, 6.45) is 3.96. The van der Waals surface area contributed by atoms with Gasteiger partial charge in [0.15, 0.2) is 11.6 Å². The van der Waals surface area contributed by atoms with Crippen LogP contribution in [0.4, 0.5) is 13.2 Å². The van der Waals surface area contributed by atoms with E-state index in [1.165, 1.54) is 38.2 Å². The largest absolute Gasteiger partial charge is 0.490 e. The zero-order valence-corrected chi connectivity index (χ0v) is 40.1. The molecular weight excluding hydrogens is 922 g/mol. The van der Waals surface area contributed by atoms with E-state index in [0.717, 1.165) is 9.80 Å². The van der Waals surface area contributed by atoms with Gasteiger partial charge in [-0.15, -0.1) is 0 Å². The second-order valence-electron chi connectivity index (χ2n) is 17.4. The Morgan fingerprint density at radius 2 is 0.855 bits per heavy atom. The summed E-state index contributed by atoms with van der Waals surface area (Å²) in [6, 6.07) is -1.47. The number of ether oxygens (including phenoxy) is 1. The van der Waals surface area contributed by atoms with E-state index in [1.807, 2.05) is 0 Å². The van der Waals surface area contributed by atoms with Gasteiger partial charge in [-0.3, -0.25) is 67.3 Å². The van der Waals surface area contributed by atoms with E-state index in [0.29, 0.717) is 51.4 Å². The van der Waals surface area contributed by atoms with Crippen LogP contribution in [-0.2, 0) is 67.1 Å². The van der Waals surface area contributed by atoms with E-state index in [1.54, 1.807) is 34.6 Å². The van der Waals surface area contributed by atoms with Crippen LogP contribution in [0.1, 0.15) is 138 Å². The van der Waals surface area contributed by atoms with E-state index in [9.17, 15) is 70.7 Å². The Kier molecular flexibility index (Phi) is 28.0. The zero-order chi connectivity index (χ0) is 53.2. The number of hydrogen-bond donors (Lipinski definition) is 4. The van der Waals surface area contributed by atoms with E-state index in [4.69, 9.17) is 19.7 Å².